The van der Waals surface area contributed by atoms with E-state index in [1.165, 1.54) is 0 Å². The molecule has 1 aromatic heterocycles. The number of piperidine rings is 1. The minimum absolute atomic E-state index is 0.0311. The van der Waals surface area contributed by atoms with Crippen LogP contribution in [-0.2, 0) is 11.2 Å². The summed E-state index contributed by atoms with van der Waals surface area (Å²) in [5, 5.41) is 9.86. The molecule has 1 saturated heterocycles. The summed E-state index contributed by atoms with van der Waals surface area (Å²) in [6, 6.07) is -0.151. The molecular weight excluding hydrogens is 324 g/mol. The molecule has 2 rings (SSSR count). The van der Waals surface area contributed by atoms with Crippen molar-refractivity contribution >= 4 is 12.1 Å². The molecular formula is C17H28N4O4. The maximum Gasteiger partial charge on any atom is 0.409 e. The van der Waals surface area contributed by atoms with Crippen molar-refractivity contribution in [3.8, 4) is 0 Å². The summed E-state index contributed by atoms with van der Waals surface area (Å²) in [4.78, 5) is 25.5. The molecule has 1 fully saturated rings. The van der Waals surface area contributed by atoms with Crippen molar-refractivity contribution < 1.29 is 18.8 Å². The molecule has 8 heteroatoms. The zero-order valence-electron chi connectivity index (χ0n) is 15.4. The van der Waals surface area contributed by atoms with Gasteiger partial charge in [-0.25, -0.2) is 9.59 Å². The van der Waals surface area contributed by atoms with Crippen LogP contribution in [0.4, 0.5) is 9.59 Å². The van der Waals surface area contributed by atoms with Crippen LogP contribution in [0.5, 0.6) is 0 Å². The average molecular weight is 352 g/mol. The number of nitrogens with one attached hydrogen (secondary N) is 2. The predicted octanol–water partition coefficient (Wildman–Crippen LogP) is 2.14. The number of nitrogens with zero attached hydrogens (tertiary/aromatic N) is 2. The van der Waals surface area contributed by atoms with Crippen molar-refractivity contribution in [1.82, 2.24) is 20.7 Å². The van der Waals surface area contributed by atoms with E-state index in [4.69, 9.17) is 9.26 Å². The molecule has 1 atom stereocenters. The van der Waals surface area contributed by atoms with Crippen LogP contribution in [0.15, 0.2) is 4.52 Å². The highest BCUT2D eigenvalue weighted by Crippen LogP contribution is 2.15. The molecule has 0 spiro atoms. The Labute approximate surface area is 148 Å². The number of carbonyl (C=O) groups excluding carboxylic acids is 2. The number of ether oxygens (including phenoxy) is 1. The first kappa shape index (κ1) is 19.1. The number of rotatable bonds is 5. The van der Waals surface area contributed by atoms with E-state index >= 15 is 0 Å². The summed E-state index contributed by atoms with van der Waals surface area (Å²) in [6.07, 6.45) is 1.85. The van der Waals surface area contributed by atoms with Crippen molar-refractivity contribution in [2.75, 3.05) is 19.7 Å². The van der Waals surface area contributed by atoms with E-state index in [0.717, 1.165) is 29.9 Å². The molecule has 0 aromatic carbocycles. The highest BCUT2D eigenvalue weighted by molar-refractivity contribution is 5.74. The SMILES string of the molecule is CCOC(=O)N1CCC(NC(=O)NC(C)Cc2c(C)noc2C)CC1. The summed E-state index contributed by atoms with van der Waals surface area (Å²) in [7, 11) is 0. The van der Waals surface area contributed by atoms with Crippen LogP contribution in [0.1, 0.15) is 43.7 Å². The van der Waals surface area contributed by atoms with E-state index in [1.807, 2.05) is 20.8 Å². The zero-order chi connectivity index (χ0) is 18.4. The Balaban J connectivity index is 1.73. The highest BCUT2D eigenvalue weighted by Gasteiger charge is 2.25. The minimum atomic E-state index is -0.279. The summed E-state index contributed by atoms with van der Waals surface area (Å²) in [5.74, 6) is 0.790. The van der Waals surface area contributed by atoms with Crippen LogP contribution in [-0.4, -0.2) is 54.0 Å². The molecule has 2 N–H and O–H groups in total. The van der Waals surface area contributed by atoms with Crippen molar-refractivity contribution in [1.29, 1.82) is 0 Å². The maximum atomic E-state index is 12.2. The Bertz CT molecular complexity index is 574. The van der Waals surface area contributed by atoms with Gasteiger partial charge in [0.2, 0.25) is 0 Å². The predicted molar refractivity (Wildman–Crippen MR) is 92.4 cm³/mol. The summed E-state index contributed by atoms with van der Waals surface area (Å²) >= 11 is 0. The number of aromatic nitrogens is 1. The number of amides is 3. The van der Waals surface area contributed by atoms with Crippen LogP contribution in [0.25, 0.3) is 0 Å². The number of aryl methyl sites for hydroxylation is 2. The summed E-state index contributed by atoms with van der Waals surface area (Å²) in [6.45, 7) is 9.09. The number of hydrogen-bond donors (Lipinski definition) is 2. The lowest BCUT2D eigenvalue weighted by atomic mass is 10.1. The Morgan fingerprint density at radius 3 is 2.60 bits per heavy atom. The van der Waals surface area contributed by atoms with Gasteiger partial charge in [0.25, 0.3) is 0 Å². The third kappa shape index (κ3) is 5.37. The van der Waals surface area contributed by atoms with Gasteiger partial charge in [0, 0.05) is 30.7 Å². The van der Waals surface area contributed by atoms with E-state index in [2.05, 4.69) is 15.8 Å². The highest BCUT2D eigenvalue weighted by atomic mass is 16.6. The van der Waals surface area contributed by atoms with Crippen molar-refractivity contribution in [3.63, 3.8) is 0 Å². The van der Waals surface area contributed by atoms with Crippen LogP contribution >= 0.6 is 0 Å². The van der Waals surface area contributed by atoms with Crippen LogP contribution < -0.4 is 10.6 Å². The second kappa shape index (κ2) is 8.73. The topological polar surface area (TPSA) is 96.7 Å². The van der Waals surface area contributed by atoms with Gasteiger partial charge in [-0.3, -0.25) is 0 Å². The van der Waals surface area contributed by atoms with E-state index in [-0.39, 0.29) is 24.2 Å². The maximum absolute atomic E-state index is 12.2. The summed E-state index contributed by atoms with van der Waals surface area (Å²) < 4.78 is 10.1. The van der Waals surface area contributed by atoms with Gasteiger partial charge in [0.15, 0.2) is 0 Å². The molecule has 2 heterocycles. The number of likely N-dealkylation sites (tertiary alicyclic amines) is 1. The molecule has 0 bridgehead atoms. The van der Waals surface area contributed by atoms with Gasteiger partial charge in [-0.15, -0.1) is 0 Å². The van der Waals surface area contributed by atoms with E-state index in [9.17, 15) is 9.59 Å². The van der Waals surface area contributed by atoms with Gasteiger partial charge in [0.1, 0.15) is 5.76 Å². The molecule has 140 valence electrons. The molecule has 0 radical (unpaired) electrons. The number of urea groups is 1. The molecule has 1 unspecified atom stereocenters. The standard InChI is InChI=1S/C17H28N4O4/c1-5-24-17(23)21-8-6-14(7-9-21)19-16(22)18-11(2)10-15-12(3)20-25-13(15)4/h11,14H,5-10H2,1-4H3,(H2,18,19,22). The number of hydrogen-bond acceptors (Lipinski definition) is 5. The molecule has 1 aromatic rings. The van der Waals surface area contributed by atoms with Crippen molar-refractivity contribution in [2.45, 2.75) is 59.0 Å². The second-order valence-electron chi connectivity index (χ2n) is 6.49. The summed E-state index contributed by atoms with van der Waals surface area (Å²) in [5.41, 5.74) is 1.90. The van der Waals surface area contributed by atoms with Gasteiger partial charge in [-0.05, 0) is 47.0 Å². The smallest absolute Gasteiger partial charge is 0.409 e. The van der Waals surface area contributed by atoms with Gasteiger partial charge < -0.3 is 24.8 Å². The Morgan fingerprint density at radius 2 is 2.04 bits per heavy atom. The lowest BCUT2D eigenvalue weighted by Gasteiger charge is -2.31. The third-order valence-corrected chi connectivity index (χ3v) is 4.43. The van der Waals surface area contributed by atoms with Gasteiger partial charge in [-0.1, -0.05) is 5.16 Å². The zero-order valence-corrected chi connectivity index (χ0v) is 15.4. The lowest BCUT2D eigenvalue weighted by Crippen LogP contribution is -2.50. The Kier molecular flexibility index (Phi) is 6.66. The first-order chi connectivity index (χ1) is 11.9. The molecule has 8 nitrogen and oxygen atoms in total. The van der Waals surface area contributed by atoms with E-state index in [1.54, 1.807) is 11.8 Å². The fourth-order valence-electron chi connectivity index (χ4n) is 3.02. The molecule has 3 amide bonds. The van der Waals surface area contributed by atoms with Crippen molar-refractivity contribution in [3.05, 3.63) is 17.0 Å². The molecule has 0 aliphatic carbocycles. The Morgan fingerprint density at radius 1 is 1.36 bits per heavy atom. The van der Waals surface area contributed by atoms with Crippen molar-refractivity contribution in [2.24, 2.45) is 0 Å². The van der Waals surface area contributed by atoms with Gasteiger partial charge in [-0.2, -0.15) is 0 Å². The first-order valence-electron chi connectivity index (χ1n) is 8.81. The minimum Gasteiger partial charge on any atom is -0.450 e. The van der Waals surface area contributed by atoms with Crippen LogP contribution in [0.3, 0.4) is 0 Å². The monoisotopic (exact) mass is 352 g/mol. The largest absolute Gasteiger partial charge is 0.450 e. The van der Waals surface area contributed by atoms with Gasteiger partial charge in [0.05, 0.1) is 12.3 Å². The van der Waals surface area contributed by atoms with E-state index in [0.29, 0.717) is 26.1 Å². The molecule has 25 heavy (non-hydrogen) atoms. The molecule has 0 saturated carbocycles. The Hall–Kier alpha value is -2.25. The normalized spacial score (nSPS) is 16.4. The fraction of sp³-hybridized carbons (Fsp3) is 0.706. The first-order valence-corrected chi connectivity index (χ1v) is 8.81. The lowest BCUT2D eigenvalue weighted by molar-refractivity contribution is 0.0957. The van der Waals surface area contributed by atoms with Crippen LogP contribution in [0, 0.1) is 13.8 Å². The molecule has 1 aliphatic heterocycles. The van der Waals surface area contributed by atoms with E-state index < -0.39 is 0 Å². The second-order valence-corrected chi connectivity index (χ2v) is 6.49. The van der Waals surface area contributed by atoms with Crippen LogP contribution in [0.2, 0.25) is 0 Å². The molecule has 1 aliphatic rings. The number of carbonyl (C=O) groups is 2. The fourth-order valence-corrected chi connectivity index (χ4v) is 3.02. The third-order valence-electron chi connectivity index (χ3n) is 4.43. The van der Waals surface area contributed by atoms with Gasteiger partial charge >= 0.3 is 12.1 Å². The quantitative estimate of drug-likeness (QED) is 0.846. The average Bonchev–Trinajstić information content (AvgIpc) is 2.87.